The van der Waals surface area contributed by atoms with E-state index in [0.29, 0.717) is 35.8 Å². The first-order valence-electron chi connectivity index (χ1n) is 9.48. The van der Waals surface area contributed by atoms with Gasteiger partial charge in [0.1, 0.15) is 5.82 Å². The van der Waals surface area contributed by atoms with E-state index in [1.165, 1.54) is 28.6 Å². The molecule has 0 atom stereocenters. The lowest BCUT2D eigenvalue weighted by Crippen LogP contribution is -2.44. The molecule has 0 radical (unpaired) electrons. The van der Waals surface area contributed by atoms with E-state index in [1.807, 2.05) is 14.1 Å². The Kier molecular flexibility index (Phi) is 8.48. The fourth-order valence-electron chi connectivity index (χ4n) is 3.45. The van der Waals surface area contributed by atoms with Gasteiger partial charge in [0, 0.05) is 24.7 Å². The van der Waals surface area contributed by atoms with Crippen molar-refractivity contribution in [1.29, 1.82) is 0 Å². The molecule has 0 aliphatic carbocycles. The molecule has 2 aromatic rings. The van der Waals surface area contributed by atoms with Crippen LogP contribution < -0.4 is 0 Å². The molecule has 0 saturated carbocycles. The van der Waals surface area contributed by atoms with Crippen molar-refractivity contribution in [3.63, 3.8) is 0 Å². The molecule has 3 rings (SSSR count). The molecule has 164 valence electrons. The molecular weight excluding hydrogens is 411 g/mol. The van der Waals surface area contributed by atoms with Crippen molar-refractivity contribution in [2.24, 2.45) is 0 Å². The summed E-state index contributed by atoms with van der Waals surface area (Å²) in [6.45, 7) is 0.572. The van der Waals surface area contributed by atoms with Gasteiger partial charge in [-0.15, -0.1) is 0 Å². The Morgan fingerprint density at radius 2 is 1.70 bits per heavy atom. The van der Waals surface area contributed by atoms with Crippen LogP contribution in [0.2, 0.25) is 0 Å². The van der Waals surface area contributed by atoms with Gasteiger partial charge in [-0.2, -0.15) is 4.31 Å². The van der Waals surface area contributed by atoms with Crippen LogP contribution in [0.5, 0.6) is 0 Å². The maximum absolute atomic E-state index is 14.1. The first-order valence-corrected chi connectivity index (χ1v) is 10.9. The van der Waals surface area contributed by atoms with Gasteiger partial charge in [-0.25, -0.2) is 12.8 Å². The lowest BCUT2D eigenvalue weighted by atomic mass is 10.0. The van der Waals surface area contributed by atoms with Gasteiger partial charge < -0.3 is 15.1 Å². The predicted molar refractivity (Wildman–Crippen MR) is 112 cm³/mol. The van der Waals surface area contributed by atoms with Crippen molar-refractivity contribution in [3.8, 4) is 11.1 Å². The van der Waals surface area contributed by atoms with E-state index in [1.54, 1.807) is 18.2 Å². The number of halogens is 1. The van der Waals surface area contributed by atoms with Crippen molar-refractivity contribution in [2.45, 2.75) is 30.4 Å². The van der Waals surface area contributed by atoms with E-state index >= 15 is 0 Å². The predicted octanol–water partition coefficient (Wildman–Crippen LogP) is 2.40. The number of benzene rings is 2. The van der Waals surface area contributed by atoms with Gasteiger partial charge in [0.05, 0.1) is 11.5 Å². The Morgan fingerprint density at radius 3 is 2.20 bits per heavy atom. The van der Waals surface area contributed by atoms with E-state index in [9.17, 15) is 17.9 Å². The summed E-state index contributed by atoms with van der Waals surface area (Å²) in [6, 6.07) is 11.1. The summed E-state index contributed by atoms with van der Waals surface area (Å²) < 4.78 is 41.4. The Bertz CT molecular complexity index is 940. The molecule has 9 heteroatoms. The summed E-state index contributed by atoms with van der Waals surface area (Å²) in [6.07, 6.45) is 1.62. The highest BCUT2D eigenvalue weighted by atomic mass is 32.2. The van der Waals surface area contributed by atoms with Crippen LogP contribution in [0.4, 0.5) is 4.39 Å². The second kappa shape index (κ2) is 10.6. The van der Waals surface area contributed by atoms with Crippen molar-refractivity contribution in [2.75, 3.05) is 27.2 Å². The van der Waals surface area contributed by atoms with Crippen molar-refractivity contribution in [3.05, 3.63) is 53.8 Å². The molecule has 2 aromatic carbocycles. The molecule has 0 aromatic heterocycles. The Morgan fingerprint density at radius 1 is 1.13 bits per heavy atom. The first kappa shape index (κ1) is 23.9. The van der Waals surface area contributed by atoms with E-state index in [4.69, 9.17) is 9.90 Å². The van der Waals surface area contributed by atoms with E-state index in [-0.39, 0.29) is 18.0 Å². The third-order valence-corrected chi connectivity index (χ3v) is 7.08. The highest BCUT2D eigenvalue weighted by molar-refractivity contribution is 7.89. The first-order chi connectivity index (χ1) is 14.2. The van der Waals surface area contributed by atoms with Crippen LogP contribution in [0.15, 0.2) is 47.4 Å². The number of aliphatic hydroxyl groups is 1. The van der Waals surface area contributed by atoms with Crippen molar-refractivity contribution in [1.82, 2.24) is 9.21 Å². The molecule has 1 saturated heterocycles. The number of hydrogen-bond donors (Lipinski definition) is 2. The number of hydrogen-bond acceptors (Lipinski definition) is 5. The van der Waals surface area contributed by atoms with E-state index < -0.39 is 15.8 Å². The standard InChI is InChI=1S/C20H25FN2O3S.CH2O2/c1-22(2)17-9-11-23(12-10-17)27(25,26)18-6-4-16(5-7-18)19-13-15(14-24)3-8-20(19)21;2-1-3/h3-8,13,17,24H,9-12,14H2,1-2H3;1H,(H,2,3). The molecule has 1 heterocycles. The maximum Gasteiger partial charge on any atom is 0.290 e. The third kappa shape index (κ3) is 5.63. The van der Waals surface area contributed by atoms with Crippen LogP contribution >= 0.6 is 0 Å². The minimum Gasteiger partial charge on any atom is -0.483 e. The fourth-order valence-corrected chi connectivity index (χ4v) is 4.92. The van der Waals surface area contributed by atoms with E-state index in [2.05, 4.69) is 4.90 Å². The Hall–Kier alpha value is -2.33. The Labute approximate surface area is 176 Å². The van der Waals surface area contributed by atoms with Gasteiger partial charge in [-0.3, -0.25) is 4.79 Å². The monoisotopic (exact) mass is 438 g/mol. The molecule has 0 unspecified atom stereocenters. The molecule has 1 aliphatic rings. The van der Waals surface area contributed by atoms with Crippen LogP contribution in [0.3, 0.4) is 0 Å². The number of rotatable bonds is 5. The zero-order chi connectivity index (χ0) is 22.3. The normalized spacial score (nSPS) is 15.5. The lowest BCUT2D eigenvalue weighted by Gasteiger charge is -2.34. The van der Waals surface area contributed by atoms with Gasteiger partial charge in [0.25, 0.3) is 6.47 Å². The van der Waals surface area contributed by atoms with Crippen LogP contribution in [0.25, 0.3) is 11.1 Å². The maximum atomic E-state index is 14.1. The second-order valence-electron chi connectivity index (χ2n) is 7.20. The van der Waals surface area contributed by atoms with Gasteiger partial charge in [-0.1, -0.05) is 18.2 Å². The van der Waals surface area contributed by atoms with Gasteiger partial charge in [-0.05, 0) is 62.3 Å². The molecule has 0 bridgehead atoms. The molecule has 1 fully saturated rings. The SMILES string of the molecule is CN(C)C1CCN(S(=O)(=O)c2ccc(-c3cc(CO)ccc3F)cc2)CC1.O=CO. The third-order valence-electron chi connectivity index (χ3n) is 5.17. The molecule has 30 heavy (non-hydrogen) atoms. The molecule has 1 aliphatic heterocycles. The molecular formula is C21H27FN2O5S. The number of aliphatic hydroxyl groups excluding tert-OH is 1. The summed E-state index contributed by atoms with van der Waals surface area (Å²) >= 11 is 0. The highest BCUT2D eigenvalue weighted by Crippen LogP contribution is 2.27. The zero-order valence-electron chi connectivity index (χ0n) is 17.0. The topological polar surface area (TPSA) is 98.2 Å². The van der Waals surface area contributed by atoms with Crippen LogP contribution in [-0.2, 0) is 21.4 Å². The van der Waals surface area contributed by atoms with Gasteiger partial charge in [0.2, 0.25) is 10.0 Å². The van der Waals surface area contributed by atoms with Crippen molar-refractivity contribution >= 4 is 16.5 Å². The second-order valence-corrected chi connectivity index (χ2v) is 9.14. The summed E-state index contributed by atoms with van der Waals surface area (Å²) in [4.78, 5) is 10.7. The summed E-state index contributed by atoms with van der Waals surface area (Å²) in [7, 11) is 0.473. The molecule has 0 amide bonds. The summed E-state index contributed by atoms with van der Waals surface area (Å²) in [5.41, 5.74) is 1.53. The lowest BCUT2D eigenvalue weighted by molar-refractivity contribution is -0.122. The molecule has 2 N–H and O–H groups in total. The van der Waals surface area contributed by atoms with Crippen LogP contribution in [0.1, 0.15) is 18.4 Å². The molecule has 7 nitrogen and oxygen atoms in total. The summed E-state index contributed by atoms with van der Waals surface area (Å²) in [5, 5.41) is 16.1. The number of carbonyl (C=O) groups is 1. The van der Waals surface area contributed by atoms with Gasteiger partial charge in [0.15, 0.2) is 0 Å². The summed E-state index contributed by atoms with van der Waals surface area (Å²) in [5.74, 6) is -0.409. The molecule has 0 spiro atoms. The quantitative estimate of drug-likeness (QED) is 0.696. The van der Waals surface area contributed by atoms with Crippen LogP contribution in [0, 0.1) is 5.82 Å². The average Bonchev–Trinajstić information content (AvgIpc) is 2.75. The highest BCUT2D eigenvalue weighted by Gasteiger charge is 2.30. The largest absolute Gasteiger partial charge is 0.483 e. The number of nitrogens with zero attached hydrogens (tertiary/aromatic N) is 2. The number of sulfonamides is 1. The van der Waals surface area contributed by atoms with Crippen molar-refractivity contribution < 1.29 is 27.8 Å². The smallest absolute Gasteiger partial charge is 0.290 e. The van der Waals surface area contributed by atoms with E-state index in [0.717, 1.165) is 12.8 Å². The average molecular weight is 439 g/mol. The fraction of sp³-hybridized carbons (Fsp3) is 0.381. The minimum absolute atomic E-state index is 0.178. The number of piperidine rings is 1. The minimum atomic E-state index is -3.55. The number of carboxylic acid groups (broad SMARTS) is 1. The van der Waals surface area contributed by atoms with Gasteiger partial charge >= 0.3 is 0 Å². The van der Waals surface area contributed by atoms with Crippen LogP contribution in [-0.4, -0.2) is 67.5 Å². The zero-order valence-corrected chi connectivity index (χ0v) is 17.8. The Balaban J connectivity index is 0.00000101.